The van der Waals surface area contributed by atoms with Gasteiger partial charge in [0.1, 0.15) is 5.82 Å². The van der Waals surface area contributed by atoms with Crippen molar-refractivity contribution in [1.82, 2.24) is 0 Å². The molecule has 1 heterocycles. The van der Waals surface area contributed by atoms with Crippen LogP contribution in [0.3, 0.4) is 0 Å². The Hall–Kier alpha value is -0.230. The van der Waals surface area contributed by atoms with E-state index in [1.54, 1.807) is 6.07 Å². The first-order chi connectivity index (χ1) is 8.00. The van der Waals surface area contributed by atoms with E-state index < -0.39 is 5.82 Å². The number of thiophene rings is 1. The van der Waals surface area contributed by atoms with E-state index in [0.29, 0.717) is 4.88 Å². The first-order valence-electron chi connectivity index (χ1n) is 4.44. The first kappa shape index (κ1) is 13.2. The lowest BCUT2D eigenvalue weighted by Gasteiger charge is -2.01. The second-order valence-electron chi connectivity index (χ2n) is 3.16. The minimum absolute atomic E-state index is 0.141. The molecule has 1 nitrogen and oxygen atoms in total. The number of benzene rings is 1. The Morgan fingerprint density at radius 3 is 2.65 bits per heavy atom. The number of rotatable bonds is 2. The zero-order valence-electron chi connectivity index (χ0n) is 8.14. The third-order valence-corrected chi connectivity index (χ3v) is 5.70. The normalized spacial score (nSPS) is 10.6. The number of ketones is 1. The van der Waals surface area contributed by atoms with Crippen molar-refractivity contribution >= 4 is 60.6 Å². The summed E-state index contributed by atoms with van der Waals surface area (Å²) in [5, 5.41) is -0.141. The molecule has 0 bridgehead atoms. The fourth-order valence-corrected chi connectivity index (χ4v) is 3.47. The van der Waals surface area contributed by atoms with Gasteiger partial charge in [-0.25, -0.2) is 4.39 Å². The fourth-order valence-electron chi connectivity index (χ4n) is 1.27. The summed E-state index contributed by atoms with van der Waals surface area (Å²) >= 11 is 13.6. The smallest absolute Gasteiger partial charge is 0.204 e. The average Bonchev–Trinajstić information content (AvgIpc) is 2.62. The van der Waals surface area contributed by atoms with Crippen LogP contribution < -0.4 is 0 Å². The summed E-state index contributed by atoms with van der Waals surface area (Å²) in [6.45, 7) is 0. The molecule has 0 aliphatic heterocycles. The van der Waals surface area contributed by atoms with Gasteiger partial charge in [-0.3, -0.25) is 4.79 Å². The van der Waals surface area contributed by atoms with Gasteiger partial charge in [-0.2, -0.15) is 0 Å². The minimum Gasteiger partial charge on any atom is -0.288 e. The maximum atomic E-state index is 13.2. The molecule has 0 atom stereocenters. The molecule has 0 spiro atoms. The SMILES string of the molecule is O=C(c1cc(Br)c(Br)s1)c1cccc(F)c1Cl. The fraction of sp³-hybridized carbons (Fsp3) is 0. The standard InChI is InChI=1S/C11H4Br2ClFOS/c12-6-4-8(17-11(6)13)10(16)5-2-1-3-7(15)9(5)14/h1-4H. The molecule has 1 aromatic heterocycles. The van der Waals surface area contributed by atoms with E-state index in [-0.39, 0.29) is 16.4 Å². The molecule has 0 amide bonds. The van der Waals surface area contributed by atoms with E-state index in [9.17, 15) is 9.18 Å². The second kappa shape index (κ2) is 5.18. The molecule has 0 radical (unpaired) electrons. The van der Waals surface area contributed by atoms with Crippen LogP contribution in [-0.2, 0) is 0 Å². The molecule has 88 valence electrons. The highest BCUT2D eigenvalue weighted by Crippen LogP contribution is 2.34. The molecule has 0 unspecified atom stereocenters. The minimum atomic E-state index is -0.591. The maximum Gasteiger partial charge on any atom is 0.204 e. The van der Waals surface area contributed by atoms with Crippen molar-refractivity contribution in [2.75, 3.05) is 0 Å². The predicted molar refractivity (Wildman–Crippen MR) is 74.6 cm³/mol. The van der Waals surface area contributed by atoms with Crippen LogP contribution >= 0.6 is 54.8 Å². The molecule has 17 heavy (non-hydrogen) atoms. The van der Waals surface area contributed by atoms with Crippen LogP contribution in [0.25, 0.3) is 0 Å². The van der Waals surface area contributed by atoms with Gasteiger partial charge in [0.25, 0.3) is 0 Å². The molecule has 0 fully saturated rings. The van der Waals surface area contributed by atoms with Crippen molar-refractivity contribution in [1.29, 1.82) is 0 Å². The molecule has 0 N–H and O–H groups in total. The monoisotopic (exact) mass is 396 g/mol. The van der Waals surface area contributed by atoms with Crippen LogP contribution in [0.2, 0.25) is 5.02 Å². The predicted octanol–water partition coefficient (Wildman–Crippen LogP) is 5.30. The molecule has 0 aliphatic carbocycles. The van der Waals surface area contributed by atoms with E-state index in [4.69, 9.17) is 11.6 Å². The quantitative estimate of drug-likeness (QED) is 0.628. The first-order valence-corrected chi connectivity index (χ1v) is 7.22. The van der Waals surface area contributed by atoms with E-state index in [1.807, 2.05) is 0 Å². The molecule has 2 aromatic rings. The summed E-state index contributed by atoms with van der Waals surface area (Å²) in [4.78, 5) is 12.6. The molecule has 1 aromatic carbocycles. The van der Waals surface area contributed by atoms with Gasteiger partial charge in [0.15, 0.2) is 0 Å². The molecule has 0 saturated carbocycles. The Labute approximate surface area is 123 Å². The molecular weight excluding hydrogens is 394 g/mol. The van der Waals surface area contributed by atoms with Gasteiger partial charge in [0.2, 0.25) is 5.78 Å². The molecular formula is C11H4Br2ClFOS. The summed E-state index contributed by atoms with van der Waals surface area (Å²) in [7, 11) is 0. The molecule has 0 aliphatic rings. The van der Waals surface area contributed by atoms with Crippen molar-refractivity contribution < 1.29 is 9.18 Å². The summed E-state index contributed by atoms with van der Waals surface area (Å²) in [5.74, 6) is -0.877. The van der Waals surface area contributed by atoms with Crippen LogP contribution in [0.1, 0.15) is 15.2 Å². The number of hydrogen-bond donors (Lipinski definition) is 0. The highest BCUT2D eigenvalue weighted by atomic mass is 79.9. The van der Waals surface area contributed by atoms with E-state index >= 15 is 0 Å². The van der Waals surface area contributed by atoms with Gasteiger partial charge in [0.05, 0.1) is 13.7 Å². The Morgan fingerprint density at radius 1 is 1.35 bits per heavy atom. The van der Waals surface area contributed by atoms with Crippen molar-refractivity contribution in [3.63, 3.8) is 0 Å². The number of hydrogen-bond acceptors (Lipinski definition) is 2. The lowest BCUT2D eigenvalue weighted by Crippen LogP contribution is -2.00. The van der Waals surface area contributed by atoms with Gasteiger partial charge < -0.3 is 0 Å². The van der Waals surface area contributed by atoms with Crippen molar-refractivity contribution in [3.8, 4) is 0 Å². The van der Waals surface area contributed by atoms with Gasteiger partial charge in [-0.15, -0.1) is 11.3 Å². The third kappa shape index (κ3) is 2.62. The van der Waals surface area contributed by atoms with Crippen molar-refractivity contribution in [2.45, 2.75) is 0 Å². The van der Waals surface area contributed by atoms with Gasteiger partial charge in [-0.05, 0) is 50.1 Å². The number of carbonyl (C=O) groups is 1. The molecule has 2 rings (SSSR count). The number of carbonyl (C=O) groups excluding carboxylic acids is 1. The summed E-state index contributed by atoms with van der Waals surface area (Å²) in [6.07, 6.45) is 0. The highest BCUT2D eigenvalue weighted by molar-refractivity contribution is 9.13. The largest absolute Gasteiger partial charge is 0.288 e. The van der Waals surface area contributed by atoms with Crippen LogP contribution in [0, 0.1) is 5.82 Å². The van der Waals surface area contributed by atoms with Crippen LogP contribution in [0.15, 0.2) is 32.5 Å². The summed E-state index contributed by atoms with van der Waals surface area (Å²) < 4.78 is 14.8. The lowest BCUT2D eigenvalue weighted by molar-refractivity contribution is 0.104. The van der Waals surface area contributed by atoms with Gasteiger partial charge in [-0.1, -0.05) is 17.7 Å². The number of halogens is 4. The second-order valence-corrected chi connectivity index (χ2v) is 6.77. The topological polar surface area (TPSA) is 17.1 Å². The molecule has 0 saturated heterocycles. The third-order valence-electron chi connectivity index (χ3n) is 2.07. The highest BCUT2D eigenvalue weighted by Gasteiger charge is 2.18. The van der Waals surface area contributed by atoms with E-state index in [1.165, 1.54) is 29.5 Å². The van der Waals surface area contributed by atoms with Gasteiger partial charge in [0, 0.05) is 10.0 Å². The van der Waals surface area contributed by atoms with Crippen molar-refractivity contribution in [2.24, 2.45) is 0 Å². The Morgan fingerprint density at radius 2 is 2.06 bits per heavy atom. The summed E-state index contributed by atoms with van der Waals surface area (Å²) in [5.41, 5.74) is 0.174. The van der Waals surface area contributed by atoms with Crippen molar-refractivity contribution in [3.05, 3.63) is 53.8 Å². The van der Waals surface area contributed by atoms with Gasteiger partial charge >= 0.3 is 0 Å². The Kier molecular flexibility index (Phi) is 4.02. The zero-order valence-corrected chi connectivity index (χ0v) is 12.9. The van der Waals surface area contributed by atoms with Crippen LogP contribution in [0.5, 0.6) is 0 Å². The van der Waals surface area contributed by atoms with E-state index in [2.05, 4.69) is 31.9 Å². The van der Waals surface area contributed by atoms with E-state index in [0.717, 1.165) is 8.26 Å². The van der Waals surface area contributed by atoms with Crippen LogP contribution in [0.4, 0.5) is 4.39 Å². The summed E-state index contributed by atoms with van der Waals surface area (Å²) in [6, 6.07) is 5.87. The zero-order chi connectivity index (χ0) is 12.6. The lowest BCUT2D eigenvalue weighted by atomic mass is 10.1. The maximum absolute atomic E-state index is 13.2. The van der Waals surface area contributed by atoms with Crippen LogP contribution in [-0.4, -0.2) is 5.78 Å². The Balaban J connectivity index is 2.47. The Bertz CT molecular complexity index is 578. The molecule has 6 heteroatoms. The average molecular weight is 398 g/mol.